The standard InChI is InChI=1S/C10H12OS/c12-7-8-2-1-3-10(6-8)11-9-4-5-9/h1-3,6,9,12H,4-5,7H2. The monoisotopic (exact) mass is 180 g/mol. The minimum atomic E-state index is 0.486. The molecule has 2 rings (SSSR count). The minimum absolute atomic E-state index is 0.486. The van der Waals surface area contributed by atoms with Crippen molar-refractivity contribution in [2.24, 2.45) is 0 Å². The van der Waals surface area contributed by atoms with Crippen molar-refractivity contribution in [2.75, 3.05) is 0 Å². The molecule has 0 unspecified atom stereocenters. The van der Waals surface area contributed by atoms with Crippen molar-refractivity contribution < 1.29 is 4.74 Å². The smallest absolute Gasteiger partial charge is 0.120 e. The van der Waals surface area contributed by atoms with Gasteiger partial charge in [0.15, 0.2) is 0 Å². The maximum Gasteiger partial charge on any atom is 0.120 e. The number of hydrogen-bond donors (Lipinski definition) is 1. The van der Waals surface area contributed by atoms with Gasteiger partial charge in [0.2, 0.25) is 0 Å². The van der Waals surface area contributed by atoms with E-state index in [4.69, 9.17) is 4.74 Å². The van der Waals surface area contributed by atoms with Crippen LogP contribution in [-0.4, -0.2) is 6.10 Å². The van der Waals surface area contributed by atoms with Gasteiger partial charge in [-0.1, -0.05) is 12.1 Å². The lowest BCUT2D eigenvalue weighted by atomic mass is 10.2. The predicted octanol–water partition coefficient (Wildman–Crippen LogP) is 2.66. The summed E-state index contributed by atoms with van der Waals surface area (Å²) in [6, 6.07) is 8.15. The molecule has 0 bridgehead atoms. The molecule has 0 aliphatic heterocycles. The van der Waals surface area contributed by atoms with Gasteiger partial charge in [0, 0.05) is 5.75 Å². The number of ether oxygens (including phenoxy) is 1. The Bertz CT molecular complexity index is 268. The fourth-order valence-electron chi connectivity index (χ4n) is 1.10. The van der Waals surface area contributed by atoms with Crippen LogP contribution < -0.4 is 4.74 Å². The van der Waals surface area contributed by atoms with Gasteiger partial charge in [-0.3, -0.25) is 0 Å². The lowest BCUT2D eigenvalue weighted by Gasteiger charge is -2.04. The molecule has 0 amide bonds. The second-order valence-electron chi connectivity index (χ2n) is 3.12. The van der Waals surface area contributed by atoms with E-state index in [1.807, 2.05) is 12.1 Å². The van der Waals surface area contributed by atoms with Crippen molar-refractivity contribution in [1.82, 2.24) is 0 Å². The van der Waals surface area contributed by atoms with E-state index >= 15 is 0 Å². The van der Waals surface area contributed by atoms with Crippen LogP contribution in [0.4, 0.5) is 0 Å². The van der Waals surface area contributed by atoms with Crippen LogP contribution in [0.15, 0.2) is 24.3 Å². The lowest BCUT2D eigenvalue weighted by Crippen LogP contribution is -1.95. The summed E-state index contributed by atoms with van der Waals surface area (Å²) >= 11 is 4.21. The van der Waals surface area contributed by atoms with Gasteiger partial charge < -0.3 is 4.74 Å². The highest BCUT2D eigenvalue weighted by molar-refractivity contribution is 7.79. The van der Waals surface area contributed by atoms with Crippen LogP contribution in [0.3, 0.4) is 0 Å². The number of benzene rings is 1. The number of thiol groups is 1. The molecule has 1 aromatic carbocycles. The Morgan fingerprint density at radius 1 is 1.42 bits per heavy atom. The summed E-state index contributed by atoms with van der Waals surface area (Å²) in [6.07, 6.45) is 2.91. The average Bonchev–Trinajstić information content (AvgIpc) is 2.89. The first kappa shape index (κ1) is 7.99. The molecule has 1 saturated carbocycles. The van der Waals surface area contributed by atoms with Crippen molar-refractivity contribution in [3.63, 3.8) is 0 Å². The molecule has 0 radical (unpaired) electrons. The third kappa shape index (κ3) is 1.95. The lowest BCUT2D eigenvalue weighted by molar-refractivity contribution is 0.303. The Hall–Kier alpha value is -0.630. The molecule has 12 heavy (non-hydrogen) atoms. The normalized spacial score (nSPS) is 16.1. The van der Waals surface area contributed by atoms with Crippen LogP contribution in [0.25, 0.3) is 0 Å². The van der Waals surface area contributed by atoms with Gasteiger partial charge in [-0.2, -0.15) is 12.6 Å². The molecule has 1 aromatic rings. The number of hydrogen-bond acceptors (Lipinski definition) is 2. The quantitative estimate of drug-likeness (QED) is 0.704. The predicted molar refractivity (Wildman–Crippen MR) is 52.8 cm³/mol. The molecule has 1 fully saturated rings. The Morgan fingerprint density at radius 3 is 2.92 bits per heavy atom. The molecule has 0 atom stereocenters. The maximum absolute atomic E-state index is 5.63. The van der Waals surface area contributed by atoms with Crippen LogP contribution in [0.2, 0.25) is 0 Å². The minimum Gasteiger partial charge on any atom is -0.490 e. The second kappa shape index (κ2) is 3.40. The molecule has 2 heteroatoms. The molecule has 1 aliphatic rings. The van der Waals surface area contributed by atoms with Gasteiger partial charge in [-0.15, -0.1) is 0 Å². The first-order valence-electron chi connectivity index (χ1n) is 4.25. The fourth-order valence-corrected chi connectivity index (χ4v) is 1.29. The highest BCUT2D eigenvalue weighted by Gasteiger charge is 2.23. The van der Waals surface area contributed by atoms with Gasteiger partial charge in [-0.05, 0) is 30.5 Å². The summed E-state index contributed by atoms with van der Waals surface area (Å²) in [7, 11) is 0. The molecule has 64 valence electrons. The molecule has 0 saturated heterocycles. The van der Waals surface area contributed by atoms with Crippen molar-refractivity contribution in [2.45, 2.75) is 24.7 Å². The van der Waals surface area contributed by atoms with Gasteiger partial charge in [0.25, 0.3) is 0 Å². The Labute approximate surface area is 78.2 Å². The molecular formula is C10H12OS. The molecule has 0 N–H and O–H groups in total. The Balaban J connectivity index is 2.08. The molecular weight excluding hydrogens is 168 g/mol. The third-order valence-electron chi connectivity index (χ3n) is 1.91. The van der Waals surface area contributed by atoms with Gasteiger partial charge in [-0.25, -0.2) is 0 Å². The van der Waals surface area contributed by atoms with E-state index in [1.54, 1.807) is 0 Å². The summed E-state index contributed by atoms with van der Waals surface area (Å²) in [4.78, 5) is 0. The largest absolute Gasteiger partial charge is 0.490 e. The van der Waals surface area contributed by atoms with Crippen LogP contribution >= 0.6 is 12.6 Å². The van der Waals surface area contributed by atoms with Gasteiger partial charge >= 0.3 is 0 Å². The van der Waals surface area contributed by atoms with Crippen molar-refractivity contribution in [3.8, 4) is 5.75 Å². The highest BCUT2D eigenvalue weighted by atomic mass is 32.1. The first-order chi connectivity index (χ1) is 5.88. The Morgan fingerprint density at radius 2 is 2.25 bits per heavy atom. The van der Waals surface area contributed by atoms with E-state index in [1.165, 1.54) is 18.4 Å². The summed E-state index contributed by atoms with van der Waals surface area (Å²) in [5.74, 6) is 1.77. The van der Waals surface area contributed by atoms with Gasteiger partial charge in [0.05, 0.1) is 6.10 Å². The van der Waals surface area contributed by atoms with Crippen molar-refractivity contribution >= 4 is 12.6 Å². The first-order valence-corrected chi connectivity index (χ1v) is 4.88. The molecule has 0 spiro atoms. The van der Waals surface area contributed by atoms with Gasteiger partial charge in [0.1, 0.15) is 5.75 Å². The fraction of sp³-hybridized carbons (Fsp3) is 0.400. The van der Waals surface area contributed by atoms with E-state index in [-0.39, 0.29) is 0 Å². The van der Waals surface area contributed by atoms with Crippen molar-refractivity contribution in [3.05, 3.63) is 29.8 Å². The molecule has 0 heterocycles. The molecule has 0 aromatic heterocycles. The van der Waals surface area contributed by atoms with Crippen LogP contribution in [0.1, 0.15) is 18.4 Å². The van der Waals surface area contributed by atoms with E-state index in [2.05, 4.69) is 24.8 Å². The van der Waals surface area contributed by atoms with Crippen LogP contribution in [0.5, 0.6) is 5.75 Å². The summed E-state index contributed by atoms with van der Waals surface area (Å²) in [5.41, 5.74) is 1.22. The zero-order valence-corrected chi connectivity index (χ0v) is 7.76. The SMILES string of the molecule is SCc1cccc(OC2CC2)c1. The summed E-state index contributed by atoms with van der Waals surface area (Å²) < 4.78 is 5.63. The average molecular weight is 180 g/mol. The van der Waals surface area contributed by atoms with E-state index in [0.29, 0.717) is 6.10 Å². The maximum atomic E-state index is 5.63. The highest BCUT2D eigenvalue weighted by Crippen LogP contribution is 2.27. The van der Waals surface area contributed by atoms with E-state index < -0.39 is 0 Å². The third-order valence-corrected chi connectivity index (χ3v) is 2.27. The zero-order chi connectivity index (χ0) is 8.39. The molecule has 1 nitrogen and oxygen atoms in total. The van der Waals surface area contributed by atoms with E-state index in [9.17, 15) is 0 Å². The summed E-state index contributed by atoms with van der Waals surface area (Å²) in [5, 5.41) is 0. The Kier molecular flexibility index (Phi) is 2.26. The topological polar surface area (TPSA) is 9.23 Å². The van der Waals surface area contributed by atoms with Crippen molar-refractivity contribution in [1.29, 1.82) is 0 Å². The van der Waals surface area contributed by atoms with Crippen LogP contribution in [-0.2, 0) is 5.75 Å². The van der Waals surface area contributed by atoms with E-state index in [0.717, 1.165) is 11.5 Å². The zero-order valence-electron chi connectivity index (χ0n) is 6.86. The molecule has 1 aliphatic carbocycles. The van der Waals surface area contributed by atoms with Crippen LogP contribution in [0, 0.1) is 0 Å². The number of rotatable bonds is 3. The second-order valence-corrected chi connectivity index (χ2v) is 3.44. The summed E-state index contributed by atoms with van der Waals surface area (Å²) in [6.45, 7) is 0.